The predicted molar refractivity (Wildman–Crippen MR) is 63.7 cm³/mol. The molecule has 0 unspecified atom stereocenters. The molecule has 0 spiro atoms. The Labute approximate surface area is 99.3 Å². The number of benzene rings is 1. The van der Waals surface area contributed by atoms with Gasteiger partial charge in [0.1, 0.15) is 0 Å². The summed E-state index contributed by atoms with van der Waals surface area (Å²) in [5.41, 5.74) is 2.04. The second kappa shape index (κ2) is 3.73. The first-order valence-corrected chi connectivity index (χ1v) is 5.66. The Morgan fingerprint density at radius 2 is 2.24 bits per heavy atom. The number of hydrogen-bond acceptors (Lipinski definition) is 2. The number of nitrogens with zero attached hydrogens (tertiary/aromatic N) is 2. The first kappa shape index (κ1) is 10.1. The van der Waals surface area contributed by atoms with Crippen molar-refractivity contribution in [1.82, 2.24) is 15.1 Å². The highest BCUT2D eigenvalue weighted by atomic mass is 16.1. The molecule has 1 heterocycles. The monoisotopic (exact) mass is 227 g/mol. The predicted octanol–water partition coefficient (Wildman–Crippen LogP) is 1.61. The highest BCUT2D eigenvalue weighted by Gasteiger charge is 2.44. The van der Waals surface area contributed by atoms with Gasteiger partial charge in [-0.2, -0.15) is 5.10 Å². The van der Waals surface area contributed by atoms with E-state index >= 15 is 0 Å². The molecule has 3 rings (SSSR count). The lowest BCUT2D eigenvalue weighted by atomic mass is 10.0. The van der Waals surface area contributed by atoms with Crippen LogP contribution in [0.3, 0.4) is 0 Å². The van der Waals surface area contributed by atoms with Crippen LogP contribution in [0.5, 0.6) is 0 Å². The number of hydrogen-bond donors (Lipinski definition) is 1. The minimum absolute atomic E-state index is 0.134. The number of rotatable bonds is 4. The van der Waals surface area contributed by atoms with Crippen molar-refractivity contribution in [3.63, 3.8) is 0 Å². The summed E-state index contributed by atoms with van der Waals surface area (Å²) in [5.74, 6) is 0. The van der Waals surface area contributed by atoms with Gasteiger partial charge in [-0.15, -0.1) is 0 Å². The van der Waals surface area contributed by atoms with Crippen LogP contribution in [0.2, 0.25) is 0 Å². The molecule has 0 aliphatic heterocycles. The Balaban J connectivity index is 1.97. The quantitative estimate of drug-likeness (QED) is 0.806. The fourth-order valence-corrected chi connectivity index (χ4v) is 2.12. The first-order chi connectivity index (χ1) is 8.34. The number of nitrogens with one attached hydrogen (secondary N) is 1. The highest BCUT2D eigenvalue weighted by Crippen LogP contribution is 2.45. The van der Waals surface area contributed by atoms with Crippen molar-refractivity contribution in [2.75, 3.05) is 0 Å². The number of carbonyl (C=O) groups is 1. The molecule has 4 heteroatoms. The molecule has 1 aliphatic rings. The van der Waals surface area contributed by atoms with Crippen LogP contribution in [0.25, 0.3) is 5.69 Å². The fraction of sp³-hybridized carbons (Fsp3) is 0.231. The van der Waals surface area contributed by atoms with Gasteiger partial charge in [-0.25, -0.2) is 4.68 Å². The molecule has 1 aromatic carbocycles. The van der Waals surface area contributed by atoms with E-state index in [2.05, 4.69) is 22.5 Å². The lowest BCUT2D eigenvalue weighted by molar-refractivity contribution is -0.110. The van der Waals surface area contributed by atoms with Gasteiger partial charge in [0.25, 0.3) is 0 Å². The van der Waals surface area contributed by atoms with Gasteiger partial charge in [0.05, 0.1) is 11.2 Å². The van der Waals surface area contributed by atoms with E-state index in [1.807, 2.05) is 29.1 Å². The molecule has 1 amide bonds. The Bertz CT molecular complexity index is 529. The topological polar surface area (TPSA) is 46.9 Å². The van der Waals surface area contributed by atoms with Crippen LogP contribution in [0.4, 0.5) is 0 Å². The molecule has 1 N–H and O–H groups in total. The van der Waals surface area contributed by atoms with Crippen LogP contribution in [0.15, 0.2) is 42.7 Å². The maximum atomic E-state index is 10.6. The minimum atomic E-state index is -0.134. The van der Waals surface area contributed by atoms with E-state index in [0.29, 0.717) is 0 Å². The molecule has 0 atom stereocenters. The maximum Gasteiger partial charge on any atom is 0.207 e. The van der Waals surface area contributed by atoms with Crippen molar-refractivity contribution < 1.29 is 4.79 Å². The summed E-state index contributed by atoms with van der Waals surface area (Å²) < 4.78 is 1.82. The first-order valence-electron chi connectivity index (χ1n) is 5.66. The van der Waals surface area contributed by atoms with Gasteiger partial charge in [-0.1, -0.05) is 12.1 Å². The zero-order valence-electron chi connectivity index (χ0n) is 9.34. The number of carbonyl (C=O) groups excluding carboxylic acids is 1. The summed E-state index contributed by atoms with van der Waals surface area (Å²) in [6.07, 6.45) is 6.46. The van der Waals surface area contributed by atoms with Crippen molar-refractivity contribution in [2.45, 2.75) is 18.4 Å². The average Bonchev–Trinajstić information content (AvgIpc) is 2.94. The van der Waals surface area contributed by atoms with Gasteiger partial charge >= 0.3 is 0 Å². The van der Waals surface area contributed by atoms with Crippen LogP contribution in [0.1, 0.15) is 18.4 Å². The molecule has 1 fully saturated rings. The smallest absolute Gasteiger partial charge is 0.207 e. The van der Waals surface area contributed by atoms with Crippen LogP contribution in [-0.2, 0) is 10.3 Å². The second-order valence-corrected chi connectivity index (χ2v) is 4.35. The van der Waals surface area contributed by atoms with Crippen molar-refractivity contribution in [3.05, 3.63) is 48.3 Å². The van der Waals surface area contributed by atoms with Crippen molar-refractivity contribution >= 4 is 6.41 Å². The molecule has 17 heavy (non-hydrogen) atoms. The van der Waals surface area contributed by atoms with Gasteiger partial charge in [-0.3, -0.25) is 4.79 Å². The van der Waals surface area contributed by atoms with Crippen molar-refractivity contribution in [2.24, 2.45) is 0 Å². The lowest BCUT2D eigenvalue weighted by Gasteiger charge is -2.15. The molecule has 0 radical (unpaired) electrons. The van der Waals surface area contributed by atoms with Crippen LogP contribution in [0, 0.1) is 0 Å². The zero-order valence-corrected chi connectivity index (χ0v) is 9.34. The molecular formula is C13H13N3O. The van der Waals surface area contributed by atoms with Crippen molar-refractivity contribution in [1.29, 1.82) is 0 Å². The average molecular weight is 227 g/mol. The Morgan fingerprint density at radius 3 is 2.88 bits per heavy atom. The fourth-order valence-electron chi connectivity index (χ4n) is 2.12. The highest BCUT2D eigenvalue weighted by molar-refractivity contribution is 5.52. The molecule has 1 aromatic heterocycles. The normalized spacial score (nSPS) is 16.5. The molecule has 0 bridgehead atoms. The minimum Gasteiger partial charge on any atom is -0.349 e. The SMILES string of the molecule is O=CNC1(c2cccc(-n3cccn3)c2)CC1. The molecule has 0 saturated heterocycles. The van der Waals surface area contributed by atoms with E-state index in [-0.39, 0.29) is 5.54 Å². The van der Waals surface area contributed by atoms with Gasteiger partial charge in [0, 0.05) is 12.4 Å². The van der Waals surface area contributed by atoms with Gasteiger partial charge in [0.2, 0.25) is 6.41 Å². The van der Waals surface area contributed by atoms with Gasteiger partial charge < -0.3 is 5.32 Å². The lowest BCUT2D eigenvalue weighted by Crippen LogP contribution is -2.27. The van der Waals surface area contributed by atoms with Crippen LogP contribution in [-0.4, -0.2) is 16.2 Å². The van der Waals surface area contributed by atoms with Crippen molar-refractivity contribution in [3.8, 4) is 5.69 Å². The number of amides is 1. The zero-order chi connectivity index (χ0) is 11.7. The third-order valence-corrected chi connectivity index (χ3v) is 3.25. The summed E-state index contributed by atoms with van der Waals surface area (Å²) >= 11 is 0. The third-order valence-electron chi connectivity index (χ3n) is 3.25. The maximum absolute atomic E-state index is 10.6. The van der Waals surface area contributed by atoms with Gasteiger partial charge in [0.15, 0.2) is 0 Å². The van der Waals surface area contributed by atoms with E-state index in [9.17, 15) is 4.79 Å². The summed E-state index contributed by atoms with van der Waals surface area (Å²) in [5, 5.41) is 7.11. The molecule has 4 nitrogen and oxygen atoms in total. The van der Waals surface area contributed by atoms with E-state index in [4.69, 9.17) is 0 Å². The third kappa shape index (κ3) is 1.71. The van der Waals surface area contributed by atoms with Crippen LogP contribution < -0.4 is 5.32 Å². The van der Waals surface area contributed by atoms with E-state index < -0.39 is 0 Å². The molecule has 1 saturated carbocycles. The summed E-state index contributed by atoms with van der Waals surface area (Å²) in [4.78, 5) is 10.6. The summed E-state index contributed by atoms with van der Waals surface area (Å²) in [6.45, 7) is 0. The second-order valence-electron chi connectivity index (χ2n) is 4.35. The molecule has 2 aromatic rings. The standard InChI is InChI=1S/C13H13N3O/c17-10-14-13(5-6-13)11-3-1-4-12(9-11)16-8-2-7-15-16/h1-4,7-10H,5-6H2,(H,14,17). The Morgan fingerprint density at radius 1 is 1.35 bits per heavy atom. The Kier molecular flexibility index (Phi) is 2.21. The van der Waals surface area contributed by atoms with Gasteiger partial charge in [-0.05, 0) is 36.6 Å². The molecule has 1 aliphatic carbocycles. The van der Waals surface area contributed by atoms with Crippen LogP contribution >= 0.6 is 0 Å². The summed E-state index contributed by atoms with van der Waals surface area (Å²) in [6, 6.07) is 10.0. The van der Waals surface area contributed by atoms with E-state index in [1.165, 1.54) is 0 Å². The van der Waals surface area contributed by atoms with E-state index in [1.54, 1.807) is 6.20 Å². The summed E-state index contributed by atoms with van der Waals surface area (Å²) in [7, 11) is 0. The Hall–Kier alpha value is -2.10. The molecular weight excluding hydrogens is 214 g/mol. The largest absolute Gasteiger partial charge is 0.349 e. The molecule has 86 valence electrons. The van der Waals surface area contributed by atoms with E-state index in [0.717, 1.165) is 30.5 Å². The number of aromatic nitrogens is 2.